The molecule has 0 saturated carbocycles. The molecule has 0 aliphatic carbocycles. The highest BCUT2D eigenvalue weighted by atomic mass is 32.2. The normalized spacial score (nSPS) is 20.2. The van der Waals surface area contributed by atoms with Gasteiger partial charge in [0, 0.05) is 17.1 Å². The van der Waals surface area contributed by atoms with Crippen LogP contribution in [-0.4, -0.2) is 58.0 Å². The van der Waals surface area contributed by atoms with Crippen molar-refractivity contribution >= 4 is 46.9 Å². The number of ether oxygens (including phenoxy) is 1. The van der Waals surface area contributed by atoms with Crippen LogP contribution in [0.3, 0.4) is 0 Å². The first-order valence-electron chi connectivity index (χ1n) is 9.27. The molecule has 2 aromatic rings. The second kappa shape index (κ2) is 8.60. The predicted molar refractivity (Wildman–Crippen MR) is 111 cm³/mol. The summed E-state index contributed by atoms with van der Waals surface area (Å²) in [6.45, 7) is 0. The molecule has 9 nitrogen and oxygen atoms in total. The van der Waals surface area contributed by atoms with Gasteiger partial charge in [0.1, 0.15) is 22.9 Å². The van der Waals surface area contributed by atoms with Gasteiger partial charge in [-0.15, -0.1) is 23.1 Å². The van der Waals surface area contributed by atoms with Crippen molar-refractivity contribution in [1.29, 1.82) is 0 Å². The van der Waals surface area contributed by atoms with Crippen molar-refractivity contribution in [3.05, 3.63) is 57.3 Å². The summed E-state index contributed by atoms with van der Waals surface area (Å²) in [5, 5.41) is 13.9. The number of carbonyl (C=O) groups excluding carboxylic acids is 3. The fourth-order valence-electron chi connectivity index (χ4n) is 3.51. The van der Waals surface area contributed by atoms with Crippen LogP contribution in [0.25, 0.3) is 0 Å². The zero-order chi connectivity index (χ0) is 22.1. The van der Waals surface area contributed by atoms with E-state index in [2.05, 4.69) is 10.1 Å². The number of β-lactam (4-membered cyclic amide) rings is 1. The van der Waals surface area contributed by atoms with Crippen molar-refractivity contribution in [3.63, 3.8) is 0 Å². The van der Waals surface area contributed by atoms with Crippen molar-refractivity contribution in [2.24, 2.45) is 0 Å². The second-order valence-corrected chi connectivity index (χ2v) is 9.04. The van der Waals surface area contributed by atoms with Gasteiger partial charge in [0.15, 0.2) is 0 Å². The summed E-state index contributed by atoms with van der Waals surface area (Å²) in [7, 11) is 1.23. The number of carboxylic acids is 1. The average Bonchev–Trinajstić information content (AvgIpc) is 3.43. The van der Waals surface area contributed by atoms with Crippen molar-refractivity contribution < 1.29 is 33.4 Å². The molecule has 31 heavy (non-hydrogen) atoms. The van der Waals surface area contributed by atoms with Gasteiger partial charge in [-0.05, 0) is 29.2 Å². The number of methoxy groups -OCH3 is 1. The van der Waals surface area contributed by atoms with E-state index in [1.54, 1.807) is 6.07 Å². The lowest BCUT2D eigenvalue weighted by atomic mass is 10.0. The fourth-order valence-corrected chi connectivity index (χ4v) is 5.56. The maximum atomic E-state index is 12.7. The highest BCUT2D eigenvalue weighted by Gasteiger charge is 2.54. The number of fused-ring (bicyclic) bond motifs is 1. The molecule has 0 radical (unpaired) electrons. The van der Waals surface area contributed by atoms with Gasteiger partial charge in [0.05, 0.1) is 13.5 Å². The molecule has 4 rings (SSSR count). The number of aliphatic carboxylic acids is 1. The molecule has 2 aliphatic heterocycles. The van der Waals surface area contributed by atoms with Gasteiger partial charge in [0.25, 0.3) is 5.91 Å². The number of esters is 1. The number of nitrogens with one attached hydrogen (secondary N) is 1. The van der Waals surface area contributed by atoms with Crippen LogP contribution in [0, 0.1) is 0 Å². The minimum Gasteiger partial charge on any atom is -0.477 e. The van der Waals surface area contributed by atoms with Crippen LogP contribution in [-0.2, 0) is 32.0 Å². The van der Waals surface area contributed by atoms with Crippen LogP contribution in [0.2, 0.25) is 0 Å². The lowest BCUT2D eigenvalue weighted by Crippen LogP contribution is -2.70. The Hall–Kier alpha value is -3.05. The maximum absolute atomic E-state index is 12.7. The summed E-state index contributed by atoms with van der Waals surface area (Å²) in [6, 6.07) is 5.95. The Bertz CT molecular complexity index is 1070. The summed E-state index contributed by atoms with van der Waals surface area (Å²) < 4.78 is 10.0. The van der Waals surface area contributed by atoms with Gasteiger partial charge in [-0.2, -0.15) is 0 Å². The minimum atomic E-state index is -1.23. The van der Waals surface area contributed by atoms with Crippen LogP contribution in [0.1, 0.15) is 21.2 Å². The molecule has 2 aromatic heterocycles. The monoisotopic (exact) mass is 462 g/mol. The molecule has 0 spiro atoms. The molecule has 2 amide bonds. The number of rotatable bonds is 7. The Labute approximate surface area is 185 Å². The second-order valence-electron chi connectivity index (χ2n) is 6.90. The summed E-state index contributed by atoms with van der Waals surface area (Å²) in [5.74, 6) is -1.83. The first kappa shape index (κ1) is 21.2. The minimum absolute atomic E-state index is 0.0184. The Kier molecular flexibility index (Phi) is 5.88. The molecule has 2 aliphatic rings. The average molecular weight is 463 g/mol. The molecule has 0 aromatic carbocycles. The molecular weight excluding hydrogens is 444 g/mol. The smallest absolute Gasteiger partial charge is 0.373 e. The molecule has 11 heteroatoms. The van der Waals surface area contributed by atoms with E-state index in [0.29, 0.717) is 17.1 Å². The maximum Gasteiger partial charge on any atom is 0.373 e. The number of thioether (sulfide) groups is 1. The van der Waals surface area contributed by atoms with E-state index < -0.39 is 29.3 Å². The Morgan fingerprint density at radius 3 is 2.81 bits per heavy atom. The van der Waals surface area contributed by atoms with E-state index in [-0.39, 0.29) is 30.2 Å². The lowest BCUT2D eigenvalue weighted by Gasteiger charge is -2.49. The standard InChI is InChI=1S/C20H18N2O7S2/c1-28-20(27)13-5-4-11(29-13)7-10-9-31-18-15(17(24)22(18)16(10)19(25)26)21-14(23)8-12-3-2-6-30-12/h2-6,15,18H,7-9H2,1H3,(H,21,23)(H,25,26)/t15-,18-/m1/s1. The number of amides is 2. The summed E-state index contributed by atoms with van der Waals surface area (Å²) >= 11 is 2.83. The Morgan fingerprint density at radius 2 is 2.13 bits per heavy atom. The molecule has 2 atom stereocenters. The SMILES string of the molecule is COC(=O)c1ccc(CC2=C(C(=O)O)N3C(=O)[C@@H](NC(=O)Cc4cccs4)[C@H]3SC2)o1. The van der Waals surface area contributed by atoms with Crippen LogP contribution < -0.4 is 5.32 Å². The Balaban J connectivity index is 1.48. The topological polar surface area (TPSA) is 126 Å². The van der Waals surface area contributed by atoms with Gasteiger partial charge in [-0.1, -0.05) is 6.07 Å². The van der Waals surface area contributed by atoms with Crippen LogP contribution in [0.5, 0.6) is 0 Å². The van der Waals surface area contributed by atoms with Gasteiger partial charge < -0.3 is 19.6 Å². The highest BCUT2D eigenvalue weighted by molar-refractivity contribution is 8.00. The first-order chi connectivity index (χ1) is 14.9. The fraction of sp³-hybridized carbons (Fsp3) is 0.300. The number of furan rings is 1. The van der Waals surface area contributed by atoms with Gasteiger partial charge >= 0.3 is 11.9 Å². The highest BCUT2D eigenvalue weighted by Crippen LogP contribution is 2.41. The Morgan fingerprint density at radius 1 is 1.32 bits per heavy atom. The third-order valence-electron chi connectivity index (χ3n) is 4.92. The lowest BCUT2D eigenvalue weighted by molar-refractivity contribution is -0.150. The van der Waals surface area contributed by atoms with Crippen molar-refractivity contribution in [3.8, 4) is 0 Å². The quantitative estimate of drug-likeness (QED) is 0.470. The number of hydrogen-bond acceptors (Lipinski definition) is 8. The molecule has 162 valence electrons. The zero-order valence-corrected chi connectivity index (χ0v) is 18.0. The molecule has 0 unspecified atom stereocenters. The van der Waals surface area contributed by atoms with Crippen LogP contribution >= 0.6 is 23.1 Å². The van der Waals surface area contributed by atoms with Gasteiger partial charge in [0.2, 0.25) is 11.7 Å². The van der Waals surface area contributed by atoms with Gasteiger partial charge in [-0.3, -0.25) is 14.5 Å². The van der Waals surface area contributed by atoms with Gasteiger partial charge in [-0.25, -0.2) is 9.59 Å². The van der Waals surface area contributed by atoms with E-state index >= 15 is 0 Å². The molecule has 4 heterocycles. The van der Waals surface area contributed by atoms with E-state index in [1.807, 2.05) is 17.5 Å². The largest absolute Gasteiger partial charge is 0.477 e. The van der Waals surface area contributed by atoms with Crippen molar-refractivity contribution in [2.75, 3.05) is 12.9 Å². The van der Waals surface area contributed by atoms with E-state index in [1.165, 1.54) is 41.2 Å². The third-order valence-corrected chi connectivity index (χ3v) is 7.13. The molecule has 1 saturated heterocycles. The third kappa shape index (κ3) is 4.10. The summed E-state index contributed by atoms with van der Waals surface area (Å²) in [4.78, 5) is 50.6. The zero-order valence-electron chi connectivity index (χ0n) is 16.3. The first-order valence-corrected chi connectivity index (χ1v) is 11.2. The van der Waals surface area contributed by atoms with Crippen molar-refractivity contribution in [1.82, 2.24) is 10.2 Å². The van der Waals surface area contributed by atoms with E-state index in [0.717, 1.165) is 4.88 Å². The van der Waals surface area contributed by atoms with Crippen LogP contribution in [0.4, 0.5) is 0 Å². The number of hydrogen-bond donors (Lipinski definition) is 2. The predicted octanol–water partition coefficient (Wildman–Crippen LogP) is 1.65. The summed E-state index contributed by atoms with van der Waals surface area (Å²) in [5.41, 5.74) is 0.393. The van der Waals surface area contributed by atoms with Crippen molar-refractivity contribution in [2.45, 2.75) is 24.3 Å². The number of carbonyl (C=O) groups is 4. The molecular formula is C20H18N2O7S2. The molecule has 1 fully saturated rings. The number of thiophene rings is 1. The summed E-state index contributed by atoms with van der Waals surface area (Å²) in [6.07, 6.45) is 0.310. The molecule has 2 N–H and O–H groups in total. The van der Waals surface area contributed by atoms with E-state index in [4.69, 9.17) is 4.42 Å². The van der Waals surface area contributed by atoms with E-state index in [9.17, 15) is 24.3 Å². The molecule has 0 bridgehead atoms. The van der Waals surface area contributed by atoms with Crippen LogP contribution in [0.15, 0.2) is 45.3 Å². The number of nitrogens with zero attached hydrogens (tertiary/aromatic N) is 1. The number of carboxylic acid groups (broad SMARTS) is 1.